The highest BCUT2D eigenvalue weighted by molar-refractivity contribution is 5.89. The predicted molar refractivity (Wildman–Crippen MR) is 105 cm³/mol. The van der Waals surface area contributed by atoms with E-state index in [4.69, 9.17) is 16.2 Å². The number of nitrogens with two attached hydrogens (primary N) is 2. The van der Waals surface area contributed by atoms with Gasteiger partial charge in [0.2, 0.25) is 5.66 Å². The lowest BCUT2D eigenvalue weighted by atomic mass is 9.84. The van der Waals surface area contributed by atoms with Crippen LogP contribution in [0.4, 0.5) is 0 Å². The number of rotatable bonds is 5. The summed E-state index contributed by atoms with van der Waals surface area (Å²) >= 11 is 0. The largest absolute Gasteiger partial charge is 0.449 e. The Morgan fingerprint density at radius 2 is 2.00 bits per heavy atom. The Labute approximate surface area is 172 Å². The number of nitrogens with one attached hydrogen (secondary N) is 2. The van der Waals surface area contributed by atoms with Gasteiger partial charge >= 0.3 is 11.9 Å². The molecule has 11 heteroatoms. The third-order valence-electron chi connectivity index (χ3n) is 5.88. The van der Waals surface area contributed by atoms with E-state index in [1.165, 1.54) is 11.5 Å². The minimum Gasteiger partial charge on any atom is -0.449 e. The fraction of sp³-hybridized carbons (Fsp3) is 0.474. The van der Waals surface area contributed by atoms with Crippen LogP contribution in [0.3, 0.4) is 0 Å². The Balaban J connectivity index is 1.68. The van der Waals surface area contributed by atoms with Gasteiger partial charge < -0.3 is 30.8 Å². The number of hydrogen-bond acceptors (Lipinski definition) is 10. The Hall–Kier alpha value is -3.18. The minimum atomic E-state index is -2.58. The van der Waals surface area contributed by atoms with Gasteiger partial charge in [-0.15, -0.1) is 0 Å². The molecule has 30 heavy (non-hydrogen) atoms. The highest BCUT2D eigenvalue weighted by Gasteiger charge is 2.75. The zero-order valence-corrected chi connectivity index (χ0v) is 16.4. The average Bonchev–Trinajstić information content (AvgIpc) is 3.16. The maximum Gasteiger partial charge on any atom is 0.346 e. The second kappa shape index (κ2) is 6.96. The van der Waals surface area contributed by atoms with Gasteiger partial charge in [-0.3, -0.25) is 11.1 Å². The smallest absolute Gasteiger partial charge is 0.346 e. The molecule has 0 radical (unpaired) electrons. The summed E-state index contributed by atoms with van der Waals surface area (Å²) in [5, 5.41) is 28.4. The van der Waals surface area contributed by atoms with Crippen molar-refractivity contribution >= 4 is 23.7 Å². The van der Waals surface area contributed by atoms with Crippen LogP contribution >= 0.6 is 0 Å². The molecular weight excluding hydrogens is 392 g/mol. The van der Waals surface area contributed by atoms with Crippen molar-refractivity contribution in [3.8, 4) is 0 Å². The van der Waals surface area contributed by atoms with Crippen LogP contribution in [0, 0.1) is 0 Å². The molecule has 8 N–H and O–H groups in total. The molecule has 0 aromatic heterocycles. The summed E-state index contributed by atoms with van der Waals surface area (Å²) in [6.45, 7) is 1.37. The summed E-state index contributed by atoms with van der Waals surface area (Å²) in [6.07, 6.45) is -0.726. The molecule has 0 bridgehead atoms. The predicted octanol–water partition coefficient (Wildman–Crippen LogP) is -2.44. The lowest BCUT2D eigenvalue weighted by Gasteiger charge is -2.43. The van der Waals surface area contributed by atoms with Crippen LogP contribution in [0.25, 0.3) is 0 Å². The van der Waals surface area contributed by atoms with Crippen molar-refractivity contribution in [2.45, 2.75) is 49.4 Å². The van der Waals surface area contributed by atoms with Crippen LogP contribution in [0.5, 0.6) is 0 Å². The molecule has 4 rings (SSSR count). The Kier molecular flexibility index (Phi) is 4.66. The zero-order valence-electron chi connectivity index (χ0n) is 16.4. The lowest BCUT2D eigenvalue weighted by Crippen LogP contribution is -2.78. The SMILES string of the molecule is CC(=O)CCC1NC(N)=[N+]2C[C@H](OC(=O)c3ccccc3)C(O)(O)[C@@]23NC(N)=N[C@@H]13. The molecular formula is C19H25N6O5+. The van der Waals surface area contributed by atoms with E-state index in [1.54, 1.807) is 30.3 Å². The Morgan fingerprint density at radius 1 is 1.30 bits per heavy atom. The molecule has 4 atom stereocenters. The molecule has 0 aliphatic carbocycles. The van der Waals surface area contributed by atoms with Crippen LogP contribution in [0.1, 0.15) is 30.1 Å². The topological polar surface area (TPSA) is 175 Å². The number of carbonyl (C=O) groups excluding carboxylic acids is 2. The van der Waals surface area contributed by atoms with Gasteiger partial charge in [-0.1, -0.05) is 18.2 Å². The normalized spacial score (nSPS) is 31.2. The van der Waals surface area contributed by atoms with E-state index in [-0.39, 0.29) is 36.2 Å². The van der Waals surface area contributed by atoms with Crippen molar-refractivity contribution in [2.24, 2.45) is 16.5 Å². The molecule has 1 unspecified atom stereocenters. The van der Waals surface area contributed by atoms with Gasteiger partial charge in [-0.2, -0.15) is 0 Å². The fourth-order valence-electron chi connectivity index (χ4n) is 4.46. The number of esters is 1. The van der Waals surface area contributed by atoms with E-state index in [0.29, 0.717) is 6.42 Å². The van der Waals surface area contributed by atoms with E-state index in [1.807, 2.05) is 0 Å². The molecule has 1 saturated heterocycles. The Bertz CT molecular complexity index is 946. The third kappa shape index (κ3) is 2.89. The van der Waals surface area contributed by atoms with Gasteiger partial charge in [0.1, 0.15) is 24.4 Å². The van der Waals surface area contributed by atoms with Crippen LogP contribution in [0.2, 0.25) is 0 Å². The molecule has 3 aliphatic heterocycles. The number of nitrogens with zero attached hydrogens (tertiary/aromatic N) is 2. The maximum absolute atomic E-state index is 12.5. The second-order valence-corrected chi connectivity index (χ2v) is 7.82. The molecule has 1 spiro atoms. The zero-order chi connectivity index (χ0) is 21.7. The number of ether oxygens (including phenoxy) is 1. The first-order valence-corrected chi connectivity index (χ1v) is 9.65. The van der Waals surface area contributed by atoms with E-state index in [2.05, 4.69) is 15.6 Å². The molecule has 1 aromatic rings. The van der Waals surface area contributed by atoms with E-state index in [0.717, 1.165) is 0 Å². The molecule has 1 fully saturated rings. The highest BCUT2D eigenvalue weighted by Crippen LogP contribution is 2.43. The quantitative estimate of drug-likeness (QED) is 0.173. The third-order valence-corrected chi connectivity index (χ3v) is 5.88. The standard InChI is InChI=1S/C19H24N6O5/c1-10(26)7-8-12-14-18(24-16(20)23-14)19(28,29)13(9-25(18)17(21)22-12)30-15(27)11-5-3-2-4-6-11/h2-6,12-14,28-29H,7-9H2,1H3,(H5,20,21,22,23,24)/p+1/t12?,13-,14-,18-/m0/s1. The lowest BCUT2D eigenvalue weighted by molar-refractivity contribution is -0.623. The first-order valence-electron chi connectivity index (χ1n) is 9.65. The first kappa shape index (κ1) is 20.1. The molecule has 3 heterocycles. The Morgan fingerprint density at radius 3 is 2.67 bits per heavy atom. The molecule has 160 valence electrons. The van der Waals surface area contributed by atoms with Crippen molar-refractivity contribution in [1.29, 1.82) is 0 Å². The number of aliphatic imine (C=N–C) groups is 1. The summed E-state index contributed by atoms with van der Waals surface area (Å²) in [5.41, 5.74) is 10.7. The van der Waals surface area contributed by atoms with Crippen LogP contribution in [-0.4, -0.2) is 74.6 Å². The van der Waals surface area contributed by atoms with Crippen molar-refractivity contribution in [2.75, 3.05) is 6.54 Å². The van der Waals surface area contributed by atoms with Crippen LogP contribution in [-0.2, 0) is 9.53 Å². The summed E-state index contributed by atoms with van der Waals surface area (Å²) < 4.78 is 6.93. The number of carbonyl (C=O) groups is 2. The van der Waals surface area contributed by atoms with Crippen LogP contribution < -0.4 is 22.1 Å². The second-order valence-electron chi connectivity index (χ2n) is 7.82. The molecule has 3 aliphatic rings. The molecule has 0 saturated carbocycles. The number of benzene rings is 1. The van der Waals surface area contributed by atoms with Gasteiger partial charge in [0, 0.05) is 6.42 Å². The monoisotopic (exact) mass is 417 g/mol. The fourth-order valence-corrected chi connectivity index (χ4v) is 4.46. The number of guanidine groups is 2. The number of ketones is 1. The van der Waals surface area contributed by atoms with E-state index in [9.17, 15) is 19.8 Å². The highest BCUT2D eigenvalue weighted by atomic mass is 16.6. The molecule has 0 amide bonds. The van der Waals surface area contributed by atoms with Crippen molar-refractivity contribution in [3.05, 3.63) is 35.9 Å². The van der Waals surface area contributed by atoms with E-state index < -0.39 is 35.6 Å². The van der Waals surface area contributed by atoms with Crippen LogP contribution in [0.15, 0.2) is 35.3 Å². The van der Waals surface area contributed by atoms with Gasteiger partial charge in [0.05, 0.1) is 5.56 Å². The first-order chi connectivity index (χ1) is 14.2. The van der Waals surface area contributed by atoms with Crippen molar-refractivity contribution in [1.82, 2.24) is 10.6 Å². The van der Waals surface area contributed by atoms with E-state index >= 15 is 0 Å². The summed E-state index contributed by atoms with van der Waals surface area (Å²) in [4.78, 5) is 28.4. The van der Waals surface area contributed by atoms with Gasteiger partial charge in [0.25, 0.3) is 5.79 Å². The number of Topliss-reactive ketones (excluding diaryl/α,β-unsaturated/α-hetero) is 1. The summed E-state index contributed by atoms with van der Waals surface area (Å²) in [5.74, 6) is -3.16. The maximum atomic E-state index is 12.5. The van der Waals surface area contributed by atoms with Crippen molar-refractivity contribution < 1.29 is 29.1 Å². The summed E-state index contributed by atoms with van der Waals surface area (Å²) in [6, 6.07) is 6.96. The minimum absolute atomic E-state index is 0.00293. The van der Waals surface area contributed by atoms with Gasteiger partial charge in [0.15, 0.2) is 12.1 Å². The van der Waals surface area contributed by atoms with Gasteiger partial charge in [-0.25, -0.2) is 14.4 Å². The number of aliphatic hydroxyl groups is 2. The number of hydrogen-bond donors (Lipinski definition) is 6. The average molecular weight is 417 g/mol. The molecule has 1 aromatic carbocycles. The van der Waals surface area contributed by atoms with Crippen molar-refractivity contribution in [3.63, 3.8) is 0 Å². The molecule has 11 nitrogen and oxygen atoms in total. The van der Waals surface area contributed by atoms with Gasteiger partial charge in [-0.05, 0) is 25.5 Å². The summed E-state index contributed by atoms with van der Waals surface area (Å²) in [7, 11) is 0.